The maximum Gasteiger partial charge on any atom is 0.220 e. The summed E-state index contributed by atoms with van der Waals surface area (Å²) in [6, 6.07) is 8.55. The van der Waals surface area contributed by atoms with Crippen LogP contribution in [0.1, 0.15) is 38.7 Å². The molecule has 3 rings (SSSR count). The molecule has 0 spiro atoms. The van der Waals surface area contributed by atoms with Gasteiger partial charge < -0.3 is 5.32 Å². The third kappa shape index (κ3) is 2.59. The summed E-state index contributed by atoms with van der Waals surface area (Å²) < 4.78 is 1.34. The minimum Gasteiger partial charge on any atom is -0.350 e. The van der Waals surface area contributed by atoms with E-state index in [0.29, 0.717) is 12.3 Å². The molecular weight excluding hydrogens is 266 g/mol. The maximum atomic E-state index is 11.7. The van der Waals surface area contributed by atoms with Crippen molar-refractivity contribution in [2.45, 2.75) is 45.1 Å². The predicted octanol–water partition coefficient (Wildman–Crippen LogP) is 4.14. The Balaban J connectivity index is 1.92. The van der Waals surface area contributed by atoms with Gasteiger partial charge in [0, 0.05) is 16.7 Å². The van der Waals surface area contributed by atoms with Crippen molar-refractivity contribution in [3.63, 3.8) is 0 Å². The summed E-state index contributed by atoms with van der Waals surface area (Å²) in [4.78, 5) is 11.7. The SMILES string of the molecule is CC(C)CC1(Cc2csc3ccccc23)CCC(=O)N1. The van der Waals surface area contributed by atoms with Crippen molar-refractivity contribution in [1.29, 1.82) is 0 Å². The fourth-order valence-corrected chi connectivity index (χ4v) is 4.41. The number of rotatable bonds is 4. The third-order valence-corrected chi connectivity index (χ3v) is 5.14. The first-order valence-corrected chi connectivity index (χ1v) is 8.22. The smallest absolute Gasteiger partial charge is 0.220 e. The van der Waals surface area contributed by atoms with Crippen LogP contribution in [0.3, 0.4) is 0 Å². The van der Waals surface area contributed by atoms with Gasteiger partial charge in [-0.15, -0.1) is 11.3 Å². The monoisotopic (exact) mass is 287 g/mol. The molecule has 106 valence electrons. The number of carbonyl (C=O) groups is 1. The summed E-state index contributed by atoms with van der Waals surface area (Å²) >= 11 is 1.80. The van der Waals surface area contributed by atoms with Crippen molar-refractivity contribution in [2.75, 3.05) is 0 Å². The molecule has 1 unspecified atom stereocenters. The Hall–Kier alpha value is -1.35. The molecule has 1 atom stereocenters. The minimum absolute atomic E-state index is 0.0326. The Morgan fingerprint density at radius 1 is 1.35 bits per heavy atom. The van der Waals surface area contributed by atoms with E-state index in [4.69, 9.17) is 0 Å². The normalized spacial score (nSPS) is 22.6. The van der Waals surface area contributed by atoms with Crippen molar-refractivity contribution in [2.24, 2.45) is 5.92 Å². The molecule has 1 aromatic carbocycles. The molecule has 0 aliphatic carbocycles. The molecule has 1 aliphatic rings. The zero-order chi connectivity index (χ0) is 14.2. The summed E-state index contributed by atoms with van der Waals surface area (Å²) in [6.45, 7) is 4.47. The van der Waals surface area contributed by atoms with Crippen LogP contribution in [0.4, 0.5) is 0 Å². The van der Waals surface area contributed by atoms with Gasteiger partial charge in [0.15, 0.2) is 0 Å². The van der Waals surface area contributed by atoms with E-state index in [1.165, 1.54) is 15.6 Å². The predicted molar refractivity (Wildman–Crippen MR) is 85.1 cm³/mol. The van der Waals surface area contributed by atoms with Gasteiger partial charge in [0.05, 0.1) is 0 Å². The van der Waals surface area contributed by atoms with Gasteiger partial charge in [-0.1, -0.05) is 32.0 Å². The first kappa shape index (κ1) is 13.6. The van der Waals surface area contributed by atoms with Crippen molar-refractivity contribution < 1.29 is 4.79 Å². The summed E-state index contributed by atoms with van der Waals surface area (Å²) in [6.07, 6.45) is 3.66. The number of thiophene rings is 1. The molecule has 2 nitrogen and oxygen atoms in total. The lowest BCUT2D eigenvalue weighted by Crippen LogP contribution is -2.44. The highest BCUT2D eigenvalue weighted by atomic mass is 32.1. The summed E-state index contributed by atoms with van der Waals surface area (Å²) in [5.41, 5.74) is 1.35. The quantitative estimate of drug-likeness (QED) is 0.899. The van der Waals surface area contributed by atoms with Gasteiger partial charge in [0.2, 0.25) is 5.91 Å². The highest BCUT2D eigenvalue weighted by Gasteiger charge is 2.38. The Labute approximate surface area is 124 Å². The van der Waals surface area contributed by atoms with Crippen molar-refractivity contribution in [3.8, 4) is 0 Å². The van der Waals surface area contributed by atoms with Crippen LogP contribution in [0.2, 0.25) is 0 Å². The lowest BCUT2D eigenvalue weighted by Gasteiger charge is -2.31. The maximum absolute atomic E-state index is 11.7. The number of nitrogens with one attached hydrogen (secondary N) is 1. The average Bonchev–Trinajstić information content (AvgIpc) is 2.95. The number of hydrogen-bond donors (Lipinski definition) is 1. The van der Waals surface area contributed by atoms with Gasteiger partial charge in [-0.3, -0.25) is 4.79 Å². The molecule has 20 heavy (non-hydrogen) atoms. The number of benzene rings is 1. The van der Waals surface area contributed by atoms with Crippen LogP contribution in [0.15, 0.2) is 29.6 Å². The van der Waals surface area contributed by atoms with Gasteiger partial charge in [0.1, 0.15) is 0 Å². The van der Waals surface area contributed by atoms with Crippen LogP contribution >= 0.6 is 11.3 Å². The van der Waals surface area contributed by atoms with Gasteiger partial charge >= 0.3 is 0 Å². The lowest BCUT2D eigenvalue weighted by molar-refractivity contribution is -0.119. The summed E-state index contributed by atoms with van der Waals surface area (Å²) in [5.74, 6) is 0.809. The molecule has 1 N–H and O–H groups in total. The number of fused-ring (bicyclic) bond motifs is 1. The molecule has 1 aromatic heterocycles. The zero-order valence-electron chi connectivity index (χ0n) is 12.1. The van der Waals surface area contributed by atoms with E-state index in [0.717, 1.165) is 19.3 Å². The van der Waals surface area contributed by atoms with Gasteiger partial charge in [-0.05, 0) is 47.6 Å². The Morgan fingerprint density at radius 3 is 2.85 bits per heavy atom. The van der Waals surface area contributed by atoms with Crippen molar-refractivity contribution in [1.82, 2.24) is 5.32 Å². The third-order valence-electron chi connectivity index (χ3n) is 4.12. The average molecular weight is 287 g/mol. The van der Waals surface area contributed by atoms with E-state index in [-0.39, 0.29) is 11.4 Å². The van der Waals surface area contributed by atoms with Crippen LogP contribution in [-0.4, -0.2) is 11.4 Å². The molecule has 1 fully saturated rings. The number of amides is 1. The molecule has 0 bridgehead atoms. The second-order valence-corrected chi connectivity index (χ2v) is 7.27. The Morgan fingerprint density at radius 2 is 2.15 bits per heavy atom. The van der Waals surface area contributed by atoms with Crippen LogP contribution < -0.4 is 5.32 Å². The van der Waals surface area contributed by atoms with Gasteiger partial charge in [-0.25, -0.2) is 0 Å². The molecule has 1 saturated heterocycles. The minimum atomic E-state index is -0.0326. The Bertz CT molecular complexity index is 631. The molecule has 0 saturated carbocycles. The van der Waals surface area contributed by atoms with Crippen LogP contribution in [0.5, 0.6) is 0 Å². The zero-order valence-corrected chi connectivity index (χ0v) is 12.9. The summed E-state index contributed by atoms with van der Waals surface area (Å²) in [7, 11) is 0. The number of hydrogen-bond acceptors (Lipinski definition) is 2. The highest BCUT2D eigenvalue weighted by molar-refractivity contribution is 7.17. The molecule has 1 amide bonds. The van der Waals surface area contributed by atoms with E-state index in [9.17, 15) is 4.79 Å². The number of carbonyl (C=O) groups excluding carboxylic acids is 1. The van der Waals surface area contributed by atoms with Crippen molar-refractivity contribution >= 4 is 27.3 Å². The standard InChI is InChI=1S/C17H21NOS/c1-12(2)9-17(8-7-16(19)18-17)10-13-11-20-15-6-4-3-5-14(13)15/h3-6,11-12H,7-10H2,1-2H3,(H,18,19). The van der Waals surface area contributed by atoms with E-state index in [2.05, 4.69) is 48.8 Å². The molecule has 2 heterocycles. The first-order valence-electron chi connectivity index (χ1n) is 7.34. The van der Waals surface area contributed by atoms with Gasteiger partial charge in [-0.2, -0.15) is 0 Å². The fourth-order valence-electron chi connectivity index (χ4n) is 3.45. The fraction of sp³-hybridized carbons (Fsp3) is 0.471. The van der Waals surface area contributed by atoms with E-state index >= 15 is 0 Å². The molecule has 0 radical (unpaired) electrons. The van der Waals surface area contributed by atoms with E-state index in [1.807, 2.05) is 0 Å². The molecular formula is C17H21NOS. The van der Waals surface area contributed by atoms with Gasteiger partial charge in [0.25, 0.3) is 0 Å². The second kappa shape index (κ2) is 5.21. The second-order valence-electron chi connectivity index (χ2n) is 6.36. The van der Waals surface area contributed by atoms with Crippen LogP contribution in [-0.2, 0) is 11.2 Å². The molecule has 2 aromatic rings. The summed E-state index contributed by atoms with van der Waals surface area (Å²) in [5, 5.41) is 6.88. The van der Waals surface area contributed by atoms with Crippen LogP contribution in [0, 0.1) is 5.92 Å². The Kier molecular flexibility index (Phi) is 3.55. The largest absolute Gasteiger partial charge is 0.350 e. The topological polar surface area (TPSA) is 29.1 Å². The molecule has 1 aliphatic heterocycles. The first-order chi connectivity index (χ1) is 9.58. The van der Waals surface area contributed by atoms with Crippen molar-refractivity contribution in [3.05, 3.63) is 35.2 Å². The van der Waals surface area contributed by atoms with Crippen LogP contribution in [0.25, 0.3) is 10.1 Å². The van der Waals surface area contributed by atoms with E-state index in [1.54, 1.807) is 11.3 Å². The molecule has 3 heteroatoms. The lowest BCUT2D eigenvalue weighted by atomic mass is 9.82. The van der Waals surface area contributed by atoms with E-state index < -0.39 is 0 Å². The highest BCUT2D eigenvalue weighted by Crippen LogP contribution is 2.35.